The number of nitrogens with one attached hydrogen (secondary N) is 2. The van der Waals surface area contributed by atoms with Gasteiger partial charge in [-0.15, -0.1) is 12.4 Å². The van der Waals surface area contributed by atoms with Crippen LogP contribution in [0.5, 0.6) is 0 Å². The maximum atomic E-state index is 13.3. The van der Waals surface area contributed by atoms with Gasteiger partial charge in [-0.1, -0.05) is 19.6 Å². The Labute approximate surface area is 165 Å². The molecule has 1 saturated heterocycles. The highest BCUT2D eigenvalue weighted by Gasteiger charge is 2.21. The minimum Gasteiger partial charge on any atom is -0.325 e. The second-order valence-corrected chi connectivity index (χ2v) is 6.26. The van der Waals surface area contributed by atoms with E-state index >= 15 is 0 Å². The normalized spacial score (nSPS) is 13.9. The summed E-state index contributed by atoms with van der Waals surface area (Å²) in [5.74, 6) is -1.23. The van der Waals surface area contributed by atoms with Crippen molar-refractivity contribution in [2.45, 2.75) is 26.3 Å². The minimum atomic E-state index is -0.615. The van der Waals surface area contributed by atoms with Gasteiger partial charge >= 0.3 is 6.03 Å². The van der Waals surface area contributed by atoms with E-state index < -0.39 is 11.6 Å². The van der Waals surface area contributed by atoms with Gasteiger partial charge in [0, 0.05) is 24.8 Å². The number of anilines is 1. The molecular formula is C20H26ClF2N3O. The van der Waals surface area contributed by atoms with Crippen molar-refractivity contribution in [2.24, 2.45) is 0 Å². The Morgan fingerprint density at radius 1 is 1.04 bits per heavy atom. The van der Waals surface area contributed by atoms with Crippen LogP contribution in [0.4, 0.5) is 19.3 Å². The van der Waals surface area contributed by atoms with Crippen molar-refractivity contribution < 1.29 is 13.6 Å². The molecule has 3 rings (SSSR count). The first-order valence-corrected chi connectivity index (χ1v) is 8.34. The number of urea groups is 1. The van der Waals surface area contributed by atoms with Crippen molar-refractivity contribution in [1.82, 2.24) is 10.2 Å². The highest BCUT2D eigenvalue weighted by atomic mass is 35.5. The molecule has 0 spiro atoms. The van der Waals surface area contributed by atoms with Crippen molar-refractivity contribution in [3.63, 3.8) is 0 Å². The van der Waals surface area contributed by atoms with E-state index in [1.165, 1.54) is 12.1 Å². The van der Waals surface area contributed by atoms with E-state index in [0.717, 1.165) is 32.0 Å². The number of nitrogens with zero attached hydrogens (tertiary/aromatic N) is 1. The molecule has 2 N–H and O–H groups in total. The second kappa shape index (κ2) is 10.2. The average Bonchev–Trinajstić information content (AvgIpc) is 2.61. The van der Waals surface area contributed by atoms with Gasteiger partial charge in [-0.3, -0.25) is 0 Å². The van der Waals surface area contributed by atoms with Crippen LogP contribution in [0.15, 0.2) is 42.5 Å². The molecule has 1 aliphatic rings. The fourth-order valence-electron chi connectivity index (χ4n) is 3.04. The van der Waals surface area contributed by atoms with E-state index in [9.17, 15) is 13.6 Å². The molecule has 7 heteroatoms. The van der Waals surface area contributed by atoms with E-state index in [-0.39, 0.29) is 31.9 Å². The van der Waals surface area contributed by atoms with Crippen molar-refractivity contribution in [1.29, 1.82) is 0 Å². The Morgan fingerprint density at radius 2 is 1.59 bits per heavy atom. The predicted octanol–water partition coefficient (Wildman–Crippen LogP) is 4.91. The second-order valence-electron chi connectivity index (χ2n) is 6.26. The first-order valence-electron chi connectivity index (χ1n) is 8.34. The maximum absolute atomic E-state index is 13.3. The molecule has 1 aliphatic heterocycles. The lowest BCUT2D eigenvalue weighted by atomic mass is 10.0. The number of halogens is 3. The molecule has 0 saturated carbocycles. The highest BCUT2D eigenvalue weighted by molar-refractivity contribution is 5.89. The Morgan fingerprint density at radius 3 is 2.15 bits per heavy atom. The lowest BCUT2D eigenvalue weighted by Crippen LogP contribution is -2.45. The zero-order valence-corrected chi connectivity index (χ0v) is 15.3. The van der Waals surface area contributed by atoms with Crippen LogP contribution >= 0.6 is 12.4 Å². The van der Waals surface area contributed by atoms with Gasteiger partial charge in [0.2, 0.25) is 0 Å². The number of hydrogen-bond acceptors (Lipinski definition) is 2. The molecule has 0 aliphatic carbocycles. The van der Waals surface area contributed by atoms with Crippen LogP contribution in [0.3, 0.4) is 0 Å². The molecule has 2 aromatic carbocycles. The van der Waals surface area contributed by atoms with Gasteiger partial charge < -0.3 is 15.5 Å². The Hall–Kier alpha value is -2.18. The molecule has 0 radical (unpaired) electrons. The summed E-state index contributed by atoms with van der Waals surface area (Å²) in [6.45, 7) is 1.84. The Kier molecular flexibility index (Phi) is 8.66. The van der Waals surface area contributed by atoms with Crippen molar-refractivity contribution in [3.8, 4) is 11.1 Å². The van der Waals surface area contributed by atoms with E-state index in [0.29, 0.717) is 16.8 Å². The maximum Gasteiger partial charge on any atom is 0.321 e. The van der Waals surface area contributed by atoms with Gasteiger partial charge in [-0.2, -0.15) is 0 Å². The molecule has 0 aromatic heterocycles. The summed E-state index contributed by atoms with van der Waals surface area (Å²) >= 11 is 0. The van der Waals surface area contributed by atoms with Gasteiger partial charge in [0.05, 0.1) is 0 Å². The molecule has 2 aromatic rings. The van der Waals surface area contributed by atoms with Crippen molar-refractivity contribution in [3.05, 3.63) is 54.1 Å². The summed E-state index contributed by atoms with van der Waals surface area (Å²) in [6.07, 6.45) is 1.88. The minimum absolute atomic E-state index is 0. The van der Waals surface area contributed by atoms with Crippen LogP contribution in [-0.4, -0.2) is 37.1 Å². The SMILES string of the molecule is C.CN(C(=O)Nc1ccc(-c2cc(F)cc(F)c2)cc1)C1CCNCC1.Cl. The topological polar surface area (TPSA) is 44.4 Å². The fourth-order valence-corrected chi connectivity index (χ4v) is 3.04. The Balaban J connectivity index is 0.00000182. The van der Waals surface area contributed by atoms with Crippen molar-refractivity contribution in [2.75, 3.05) is 25.5 Å². The quantitative estimate of drug-likeness (QED) is 0.773. The molecule has 4 nitrogen and oxygen atoms in total. The van der Waals surface area contributed by atoms with Crippen LogP contribution in [-0.2, 0) is 0 Å². The molecule has 1 fully saturated rings. The zero-order valence-electron chi connectivity index (χ0n) is 14.5. The molecule has 2 amide bonds. The zero-order chi connectivity index (χ0) is 17.8. The van der Waals surface area contributed by atoms with Crippen molar-refractivity contribution >= 4 is 24.1 Å². The number of piperidine rings is 1. The van der Waals surface area contributed by atoms with Crippen LogP contribution in [0.2, 0.25) is 0 Å². The van der Waals surface area contributed by atoms with E-state index in [4.69, 9.17) is 0 Å². The summed E-state index contributed by atoms with van der Waals surface area (Å²) in [5, 5.41) is 6.13. The predicted molar refractivity (Wildman–Crippen MR) is 108 cm³/mol. The number of benzene rings is 2. The summed E-state index contributed by atoms with van der Waals surface area (Å²) in [4.78, 5) is 14.1. The fraction of sp³-hybridized carbons (Fsp3) is 0.350. The first kappa shape index (κ1) is 22.9. The molecule has 148 valence electrons. The molecule has 0 atom stereocenters. The number of amides is 2. The third-order valence-corrected chi connectivity index (χ3v) is 4.51. The lowest BCUT2D eigenvalue weighted by Gasteiger charge is -2.31. The molecule has 0 unspecified atom stereocenters. The molecule has 1 heterocycles. The molecule has 27 heavy (non-hydrogen) atoms. The summed E-state index contributed by atoms with van der Waals surface area (Å²) < 4.78 is 26.6. The standard InChI is InChI=1S/C19H21F2N3O.CH4.ClH/c1-24(18-6-8-22-9-7-18)19(25)23-17-4-2-13(3-5-17)14-10-15(20)12-16(21)11-14;;/h2-5,10-12,18,22H,6-9H2,1H3,(H,23,25);1H4;1H. The van der Waals surface area contributed by atoms with Crippen LogP contribution < -0.4 is 10.6 Å². The highest BCUT2D eigenvalue weighted by Crippen LogP contribution is 2.23. The van der Waals surface area contributed by atoms with Gasteiger partial charge in [0.1, 0.15) is 11.6 Å². The number of rotatable bonds is 3. The van der Waals surface area contributed by atoms with E-state index in [2.05, 4.69) is 10.6 Å². The van der Waals surface area contributed by atoms with Crippen LogP contribution in [0.25, 0.3) is 11.1 Å². The number of carbonyl (C=O) groups is 1. The molecule has 0 bridgehead atoms. The molecular weight excluding hydrogens is 372 g/mol. The summed E-state index contributed by atoms with van der Waals surface area (Å²) in [5.41, 5.74) is 1.79. The van der Waals surface area contributed by atoms with Gasteiger partial charge in [-0.05, 0) is 61.3 Å². The van der Waals surface area contributed by atoms with E-state index in [1.807, 2.05) is 0 Å². The van der Waals surface area contributed by atoms with Gasteiger partial charge in [-0.25, -0.2) is 13.6 Å². The summed E-state index contributed by atoms with van der Waals surface area (Å²) in [7, 11) is 1.80. The monoisotopic (exact) mass is 397 g/mol. The average molecular weight is 398 g/mol. The largest absolute Gasteiger partial charge is 0.325 e. The first-order chi connectivity index (χ1) is 12.0. The number of hydrogen-bond donors (Lipinski definition) is 2. The summed E-state index contributed by atoms with van der Waals surface area (Å²) in [6, 6.07) is 10.4. The van der Waals surface area contributed by atoms with Crippen LogP contribution in [0, 0.1) is 11.6 Å². The lowest BCUT2D eigenvalue weighted by molar-refractivity contribution is 0.189. The number of carbonyl (C=O) groups excluding carboxylic acids is 1. The van der Waals surface area contributed by atoms with Crippen LogP contribution in [0.1, 0.15) is 20.3 Å². The third kappa shape index (κ3) is 5.91. The van der Waals surface area contributed by atoms with Gasteiger partial charge in [0.15, 0.2) is 0 Å². The smallest absolute Gasteiger partial charge is 0.321 e. The van der Waals surface area contributed by atoms with Gasteiger partial charge in [0.25, 0.3) is 0 Å². The van der Waals surface area contributed by atoms with E-state index in [1.54, 1.807) is 36.2 Å². The third-order valence-electron chi connectivity index (χ3n) is 4.51. The Bertz CT molecular complexity index is 729.